The second-order valence-electron chi connectivity index (χ2n) is 3.79. The predicted molar refractivity (Wildman–Crippen MR) is 54.2 cm³/mol. The Labute approximate surface area is 86.3 Å². The molecule has 2 fully saturated rings. The van der Waals surface area contributed by atoms with Crippen LogP contribution in [0.1, 0.15) is 12.8 Å². The van der Waals surface area contributed by atoms with Crippen LogP contribution in [-0.4, -0.2) is 35.6 Å². The Balaban J connectivity index is 2.11. The minimum atomic E-state index is -0.250. The zero-order valence-electron chi connectivity index (χ0n) is 7.61. The van der Waals surface area contributed by atoms with Crippen molar-refractivity contribution in [3.8, 4) is 0 Å². The van der Waals surface area contributed by atoms with Gasteiger partial charge in [0, 0.05) is 23.7 Å². The molecular formula is C9H14BrNO2. The summed E-state index contributed by atoms with van der Waals surface area (Å²) in [5.74, 6) is 1.74. The molecule has 2 rings (SSSR count). The lowest BCUT2D eigenvalue weighted by molar-refractivity contribution is 0.103. The van der Waals surface area contributed by atoms with Crippen molar-refractivity contribution in [1.29, 1.82) is 0 Å². The molecule has 4 atom stereocenters. The second kappa shape index (κ2) is 3.58. The number of fused-ring (bicyclic) bond motifs is 1. The number of aliphatic hydroxyl groups excluding tert-OH is 1. The largest absolute Gasteiger partial charge is 0.480 e. The van der Waals surface area contributed by atoms with Gasteiger partial charge in [0.25, 0.3) is 0 Å². The summed E-state index contributed by atoms with van der Waals surface area (Å²) in [5, 5.41) is 9.68. The molecule has 0 aromatic rings. The number of ether oxygens (including phenoxy) is 1. The molecule has 1 N–H and O–H groups in total. The molecular weight excluding hydrogens is 234 g/mol. The lowest BCUT2D eigenvalue weighted by atomic mass is 9.79. The fourth-order valence-corrected chi connectivity index (χ4v) is 2.92. The van der Waals surface area contributed by atoms with Gasteiger partial charge in [-0.25, -0.2) is 0 Å². The normalized spacial score (nSPS) is 47.5. The van der Waals surface area contributed by atoms with Gasteiger partial charge in [-0.3, -0.25) is 4.99 Å². The molecule has 4 heteroatoms. The SMILES string of the molecule is CN=C1OCC2CC(Br)C(O)CC12. The van der Waals surface area contributed by atoms with Gasteiger partial charge in [0.05, 0.1) is 12.7 Å². The molecule has 4 unspecified atom stereocenters. The molecule has 2 aliphatic rings. The van der Waals surface area contributed by atoms with Crippen LogP contribution in [0.3, 0.4) is 0 Å². The van der Waals surface area contributed by atoms with Gasteiger partial charge in [-0.2, -0.15) is 0 Å². The first-order valence-corrected chi connectivity index (χ1v) is 5.55. The van der Waals surface area contributed by atoms with E-state index in [9.17, 15) is 5.11 Å². The van der Waals surface area contributed by atoms with Crippen molar-refractivity contribution in [3.05, 3.63) is 0 Å². The quantitative estimate of drug-likeness (QED) is 0.654. The number of aliphatic hydroxyl groups is 1. The molecule has 1 heterocycles. The van der Waals surface area contributed by atoms with E-state index < -0.39 is 0 Å². The van der Waals surface area contributed by atoms with Gasteiger partial charge in [0.1, 0.15) is 0 Å². The molecule has 1 aliphatic heterocycles. The smallest absolute Gasteiger partial charge is 0.186 e. The molecule has 0 amide bonds. The van der Waals surface area contributed by atoms with Crippen molar-refractivity contribution in [2.75, 3.05) is 13.7 Å². The Morgan fingerprint density at radius 2 is 2.31 bits per heavy atom. The first-order chi connectivity index (χ1) is 6.22. The van der Waals surface area contributed by atoms with E-state index in [-0.39, 0.29) is 10.9 Å². The topological polar surface area (TPSA) is 41.8 Å². The van der Waals surface area contributed by atoms with Crippen LogP contribution in [0, 0.1) is 11.8 Å². The van der Waals surface area contributed by atoms with Crippen LogP contribution in [0.15, 0.2) is 4.99 Å². The molecule has 0 spiro atoms. The van der Waals surface area contributed by atoms with E-state index in [1.54, 1.807) is 7.05 Å². The molecule has 0 bridgehead atoms. The Bertz CT molecular complexity index is 232. The van der Waals surface area contributed by atoms with Crippen molar-refractivity contribution in [2.45, 2.75) is 23.8 Å². The Morgan fingerprint density at radius 3 is 3.00 bits per heavy atom. The molecule has 0 aromatic carbocycles. The van der Waals surface area contributed by atoms with E-state index in [0.717, 1.165) is 25.3 Å². The minimum absolute atomic E-state index is 0.230. The zero-order chi connectivity index (χ0) is 9.42. The lowest BCUT2D eigenvalue weighted by Crippen LogP contribution is -2.36. The highest BCUT2D eigenvalue weighted by molar-refractivity contribution is 9.09. The summed E-state index contributed by atoms with van der Waals surface area (Å²) in [6.07, 6.45) is 1.53. The standard InChI is InChI=1S/C9H14BrNO2/c1-11-9-6-3-8(12)7(10)2-5(6)4-13-9/h5-8,12H,2-4H2,1H3. The highest BCUT2D eigenvalue weighted by atomic mass is 79.9. The monoisotopic (exact) mass is 247 g/mol. The van der Waals surface area contributed by atoms with Crippen molar-refractivity contribution >= 4 is 21.8 Å². The minimum Gasteiger partial charge on any atom is -0.480 e. The maximum absolute atomic E-state index is 9.68. The lowest BCUT2D eigenvalue weighted by Gasteiger charge is -2.30. The third-order valence-electron chi connectivity index (χ3n) is 2.99. The van der Waals surface area contributed by atoms with Gasteiger partial charge in [0.15, 0.2) is 5.90 Å². The molecule has 1 saturated carbocycles. The molecule has 0 radical (unpaired) electrons. The number of halogens is 1. The van der Waals surface area contributed by atoms with Crippen LogP contribution in [0.4, 0.5) is 0 Å². The average Bonchev–Trinajstić information content (AvgIpc) is 2.48. The van der Waals surface area contributed by atoms with Crippen molar-refractivity contribution < 1.29 is 9.84 Å². The van der Waals surface area contributed by atoms with Gasteiger partial charge in [0.2, 0.25) is 0 Å². The molecule has 1 aliphatic carbocycles. The second-order valence-corrected chi connectivity index (χ2v) is 4.97. The summed E-state index contributed by atoms with van der Waals surface area (Å²) < 4.78 is 5.46. The van der Waals surface area contributed by atoms with E-state index in [1.165, 1.54) is 0 Å². The fraction of sp³-hybridized carbons (Fsp3) is 0.889. The fourth-order valence-electron chi connectivity index (χ4n) is 2.23. The Hall–Kier alpha value is -0.0900. The summed E-state index contributed by atoms with van der Waals surface area (Å²) in [4.78, 5) is 4.33. The molecule has 74 valence electrons. The first-order valence-electron chi connectivity index (χ1n) is 4.64. The number of nitrogens with zero attached hydrogens (tertiary/aromatic N) is 1. The number of alkyl halides is 1. The van der Waals surface area contributed by atoms with Crippen LogP contribution in [0.25, 0.3) is 0 Å². The van der Waals surface area contributed by atoms with Crippen LogP contribution >= 0.6 is 15.9 Å². The third kappa shape index (κ3) is 1.62. The Morgan fingerprint density at radius 1 is 1.54 bits per heavy atom. The van der Waals surface area contributed by atoms with Gasteiger partial charge in [-0.05, 0) is 12.8 Å². The van der Waals surface area contributed by atoms with Crippen LogP contribution in [0.5, 0.6) is 0 Å². The molecule has 0 aromatic heterocycles. The van der Waals surface area contributed by atoms with Gasteiger partial charge in [-0.1, -0.05) is 15.9 Å². The summed E-state index contributed by atoms with van der Waals surface area (Å²) in [6, 6.07) is 0. The van der Waals surface area contributed by atoms with Crippen LogP contribution in [0.2, 0.25) is 0 Å². The van der Waals surface area contributed by atoms with Crippen molar-refractivity contribution in [1.82, 2.24) is 0 Å². The van der Waals surface area contributed by atoms with E-state index in [4.69, 9.17) is 4.74 Å². The summed E-state index contributed by atoms with van der Waals surface area (Å²) in [7, 11) is 1.75. The maximum Gasteiger partial charge on any atom is 0.186 e. The number of aliphatic imine (C=N–C) groups is 1. The third-order valence-corrected chi connectivity index (χ3v) is 3.98. The molecule has 13 heavy (non-hydrogen) atoms. The molecule has 1 saturated heterocycles. The number of hydrogen-bond donors (Lipinski definition) is 1. The highest BCUT2D eigenvalue weighted by Crippen LogP contribution is 2.38. The van der Waals surface area contributed by atoms with E-state index in [0.29, 0.717) is 11.8 Å². The van der Waals surface area contributed by atoms with E-state index in [1.807, 2.05) is 0 Å². The van der Waals surface area contributed by atoms with Gasteiger partial charge in [-0.15, -0.1) is 0 Å². The van der Waals surface area contributed by atoms with Crippen LogP contribution in [-0.2, 0) is 4.74 Å². The summed E-state index contributed by atoms with van der Waals surface area (Å²) >= 11 is 3.49. The number of hydrogen-bond acceptors (Lipinski definition) is 3. The zero-order valence-corrected chi connectivity index (χ0v) is 9.20. The highest BCUT2D eigenvalue weighted by Gasteiger charge is 2.42. The summed E-state index contributed by atoms with van der Waals surface area (Å²) in [5.41, 5.74) is 0. The van der Waals surface area contributed by atoms with Crippen molar-refractivity contribution in [3.63, 3.8) is 0 Å². The van der Waals surface area contributed by atoms with Crippen molar-refractivity contribution in [2.24, 2.45) is 16.8 Å². The maximum atomic E-state index is 9.68. The predicted octanol–water partition coefficient (Wildman–Crippen LogP) is 1.20. The first kappa shape index (κ1) is 9.46. The van der Waals surface area contributed by atoms with E-state index in [2.05, 4.69) is 20.9 Å². The van der Waals surface area contributed by atoms with Crippen LogP contribution < -0.4 is 0 Å². The molecule has 3 nitrogen and oxygen atoms in total. The number of rotatable bonds is 0. The average molecular weight is 248 g/mol. The summed E-state index contributed by atoms with van der Waals surface area (Å²) in [6.45, 7) is 0.770. The van der Waals surface area contributed by atoms with Gasteiger partial charge >= 0.3 is 0 Å². The van der Waals surface area contributed by atoms with E-state index >= 15 is 0 Å². The van der Waals surface area contributed by atoms with Gasteiger partial charge < -0.3 is 9.84 Å². The Kier molecular flexibility index (Phi) is 2.60.